The van der Waals surface area contributed by atoms with Gasteiger partial charge in [0.1, 0.15) is 0 Å². The summed E-state index contributed by atoms with van der Waals surface area (Å²) < 4.78 is 0. The van der Waals surface area contributed by atoms with Crippen LogP contribution < -0.4 is 10.6 Å². The smallest absolute Gasteiger partial charge is 0.233 e. The van der Waals surface area contributed by atoms with Crippen LogP contribution in [0.2, 0.25) is 0 Å². The molecule has 3 nitrogen and oxygen atoms in total. The average Bonchev–Trinajstić information content (AvgIpc) is 2.35. The van der Waals surface area contributed by atoms with E-state index in [1.165, 1.54) is 44.9 Å². The van der Waals surface area contributed by atoms with Gasteiger partial charge in [-0.1, -0.05) is 32.6 Å². The van der Waals surface area contributed by atoms with Gasteiger partial charge >= 0.3 is 0 Å². The standard InChI is InChI=1S/C13H26N2O/c1-3-7-12(15-10-13(16)14-2)11-8-5-4-6-9-11/h11-12,15H,3-10H2,1-2H3,(H,14,16). The second-order valence-corrected chi connectivity index (χ2v) is 4.85. The molecule has 16 heavy (non-hydrogen) atoms. The zero-order valence-corrected chi connectivity index (χ0v) is 10.7. The van der Waals surface area contributed by atoms with Crippen LogP contribution in [0, 0.1) is 5.92 Å². The van der Waals surface area contributed by atoms with E-state index in [4.69, 9.17) is 0 Å². The van der Waals surface area contributed by atoms with Crippen LogP contribution >= 0.6 is 0 Å². The van der Waals surface area contributed by atoms with E-state index in [0.717, 1.165) is 5.92 Å². The van der Waals surface area contributed by atoms with Gasteiger partial charge in [0.05, 0.1) is 6.54 Å². The molecule has 0 aliphatic heterocycles. The minimum atomic E-state index is 0.0944. The largest absolute Gasteiger partial charge is 0.358 e. The SMILES string of the molecule is CCCC(NCC(=O)NC)C1CCCCC1. The number of likely N-dealkylation sites (N-methyl/N-ethyl adjacent to an activating group) is 1. The third-order valence-electron chi connectivity index (χ3n) is 3.62. The molecule has 1 atom stereocenters. The van der Waals surface area contributed by atoms with Gasteiger partial charge in [0.25, 0.3) is 0 Å². The summed E-state index contributed by atoms with van der Waals surface area (Å²) >= 11 is 0. The van der Waals surface area contributed by atoms with Crippen molar-refractivity contribution in [3.8, 4) is 0 Å². The van der Waals surface area contributed by atoms with Crippen molar-refractivity contribution in [3.05, 3.63) is 0 Å². The highest BCUT2D eigenvalue weighted by molar-refractivity contribution is 5.77. The predicted molar refractivity (Wildman–Crippen MR) is 67.3 cm³/mol. The summed E-state index contributed by atoms with van der Waals surface area (Å²) in [5, 5.41) is 6.09. The van der Waals surface area contributed by atoms with Gasteiger partial charge in [0.15, 0.2) is 0 Å². The van der Waals surface area contributed by atoms with Crippen LogP contribution in [0.5, 0.6) is 0 Å². The lowest BCUT2D eigenvalue weighted by atomic mass is 9.82. The fraction of sp³-hybridized carbons (Fsp3) is 0.923. The summed E-state index contributed by atoms with van der Waals surface area (Å²) in [5.41, 5.74) is 0. The molecule has 1 amide bonds. The first-order valence-electron chi connectivity index (χ1n) is 6.72. The van der Waals surface area contributed by atoms with Gasteiger partial charge in [-0.25, -0.2) is 0 Å². The Hall–Kier alpha value is -0.570. The Kier molecular flexibility index (Phi) is 6.46. The number of rotatable bonds is 6. The van der Waals surface area contributed by atoms with E-state index < -0.39 is 0 Å². The molecule has 1 aliphatic carbocycles. The topological polar surface area (TPSA) is 41.1 Å². The van der Waals surface area contributed by atoms with Crippen LogP contribution in [0.25, 0.3) is 0 Å². The van der Waals surface area contributed by atoms with Gasteiger partial charge in [-0.15, -0.1) is 0 Å². The maximum atomic E-state index is 11.2. The first-order chi connectivity index (χ1) is 7.77. The van der Waals surface area contributed by atoms with Gasteiger partial charge in [-0.3, -0.25) is 4.79 Å². The van der Waals surface area contributed by atoms with Gasteiger partial charge in [0.2, 0.25) is 5.91 Å². The zero-order valence-electron chi connectivity index (χ0n) is 10.7. The molecule has 0 aromatic heterocycles. The molecule has 1 unspecified atom stereocenters. The molecule has 94 valence electrons. The van der Waals surface area contributed by atoms with Crippen LogP contribution in [0.1, 0.15) is 51.9 Å². The quantitative estimate of drug-likeness (QED) is 0.728. The molecule has 1 saturated carbocycles. The van der Waals surface area contributed by atoms with Crippen molar-refractivity contribution >= 4 is 5.91 Å². The van der Waals surface area contributed by atoms with Crippen molar-refractivity contribution in [1.29, 1.82) is 0 Å². The molecule has 0 radical (unpaired) electrons. The number of amides is 1. The molecule has 3 heteroatoms. The predicted octanol–water partition coefficient (Wildman–Crippen LogP) is 2.07. The monoisotopic (exact) mass is 226 g/mol. The Balaban J connectivity index is 2.35. The Bertz CT molecular complexity index is 200. The van der Waals surface area contributed by atoms with E-state index in [1.807, 2.05) is 0 Å². The minimum absolute atomic E-state index is 0.0944. The van der Waals surface area contributed by atoms with Crippen LogP contribution in [0.15, 0.2) is 0 Å². The molecule has 1 rings (SSSR count). The summed E-state index contributed by atoms with van der Waals surface area (Å²) in [6.45, 7) is 2.69. The van der Waals surface area contributed by atoms with E-state index in [9.17, 15) is 4.79 Å². The number of hydrogen-bond acceptors (Lipinski definition) is 2. The number of hydrogen-bond donors (Lipinski definition) is 2. The summed E-state index contributed by atoms with van der Waals surface area (Å²) in [6.07, 6.45) is 9.20. The second-order valence-electron chi connectivity index (χ2n) is 4.85. The van der Waals surface area contributed by atoms with E-state index in [0.29, 0.717) is 12.6 Å². The Morgan fingerprint density at radius 1 is 1.31 bits per heavy atom. The first-order valence-corrected chi connectivity index (χ1v) is 6.72. The number of carbonyl (C=O) groups excluding carboxylic acids is 1. The Morgan fingerprint density at radius 2 is 2.00 bits per heavy atom. The third-order valence-corrected chi connectivity index (χ3v) is 3.62. The highest BCUT2D eigenvalue weighted by atomic mass is 16.1. The van der Waals surface area contributed by atoms with Crippen LogP contribution in [0.4, 0.5) is 0 Å². The van der Waals surface area contributed by atoms with Gasteiger partial charge in [-0.2, -0.15) is 0 Å². The molecular weight excluding hydrogens is 200 g/mol. The van der Waals surface area contributed by atoms with Crippen LogP contribution in [-0.2, 0) is 4.79 Å². The van der Waals surface area contributed by atoms with E-state index >= 15 is 0 Å². The number of nitrogens with one attached hydrogen (secondary N) is 2. The minimum Gasteiger partial charge on any atom is -0.358 e. The highest BCUT2D eigenvalue weighted by Crippen LogP contribution is 2.28. The molecule has 2 N–H and O–H groups in total. The molecule has 0 aromatic carbocycles. The summed E-state index contributed by atoms with van der Waals surface area (Å²) in [4.78, 5) is 11.2. The molecule has 1 aliphatic rings. The van der Waals surface area contributed by atoms with Gasteiger partial charge in [0, 0.05) is 13.1 Å². The second kappa shape index (κ2) is 7.66. The maximum Gasteiger partial charge on any atom is 0.233 e. The lowest BCUT2D eigenvalue weighted by Gasteiger charge is -2.30. The van der Waals surface area contributed by atoms with Crippen molar-refractivity contribution in [2.75, 3.05) is 13.6 Å². The highest BCUT2D eigenvalue weighted by Gasteiger charge is 2.22. The molecule has 0 heterocycles. The van der Waals surface area contributed by atoms with Crippen LogP contribution in [-0.4, -0.2) is 25.5 Å². The summed E-state index contributed by atoms with van der Waals surface area (Å²) in [7, 11) is 1.69. The van der Waals surface area contributed by atoms with E-state index in [-0.39, 0.29) is 5.91 Å². The average molecular weight is 226 g/mol. The normalized spacial score (nSPS) is 19.4. The molecular formula is C13H26N2O. The Labute approximate surface area is 99.4 Å². The molecule has 0 bridgehead atoms. The lowest BCUT2D eigenvalue weighted by molar-refractivity contribution is -0.120. The molecule has 0 saturated heterocycles. The molecule has 0 aromatic rings. The lowest BCUT2D eigenvalue weighted by Crippen LogP contribution is -2.42. The fourth-order valence-corrected chi connectivity index (χ4v) is 2.66. The number of carbonyl (C=O) groups is 1. The van der Waals surface area contributed by atoms with Crippen molar-refractivity contribution in [1.82, 2.24) is 10.6 Å². The van der Waals surface area contributed by atoms with Gasteiger partial charge < -0.3 is 10.6 Å². The Morgan fingerprint density at radius 3 is 2.56 bits per heavy atom. The third kappa shape index (κ3) is 4.52. The van der Waals surface area contributed by atoms with E-state index in [1.54, 1.807) is 7.05 Å². The van der Waals surface area contributed by atoms with E-state index in [2.05, 4.69) is 17.6 Å². The van der Waals surface area contributed by atoms with Crippen molar-refractivity contribution in [2.45, 2.75) is 57.9 Å². The summed E-state index contributed by atoms with van der Waals surface area (Å²) in [5.74, 6) is 0.885. The van der Waals surface area contributed by atoms with Crippen molar-refractivity contribution in [3.63, 3.8) is 0 Å². The fourth-order valence-electron chi connectivity index (χ4n) is 2.66. The molecule has 1 fully saturated rings. The van der Waals surface area contributed by atoms with Crippen molar-refractivity contribution in [2.24, 2.45) is 5.92 Å². The maximum absolute atomic E-state index is 11.2. The van der Waals surface area contributed by atoms with Crippen molar-refractivity contribution < 1.29 is 4.79 Å². The molecule has 0 spiro atoms. The zero-order chi connectivity index (χ0) is 11.8. The van der Waals surface area contributed by atoms with Crippen LogP contribution in [0.3, 0.4) is 0 Å². The first kappa shape index (κ1) is 13.5. The van der Waals surface area contributed by atoms with Gasteiger partial charge in [-0.05, 0) is 25.2 Å². The summed E-state index contributed by atoms with van der Waals surface area (Å²) in [6, 6.07) is 0.544.